The van der Waals surface area contributed by atoms with Gasteiger partial charge in [0.15, 0.2) is 0 Å². The Morgan fingerprint density at radius 1 is 1.00 bits per heavy atom. The van der Waals surface area contributed by atoms with Gasteiger partial charge >= 0.3 is 5.97 Å². The highest BCUT2D eigenvalue weighted by molar-refractivity contribution is 7.88. The van der Waals surface area contributed by atoms with E-state index in [2.05, 4.69) is 15.4 Å². The summed E-state index contributed by atoms with van der Waals surface area (Å²) in [5.74, 6) is -1.28. The fourth-order valence-corrected chi connectivity index (χ4v) is 4.83. The van der Waals surface area contributed by atoms with Gasteiger partial charge in [0, 0.05) is 18.8 Å². The van der Waals surface area contributed by atoms with Crippen LogP contribution in [0.1, 0.15) is 46.3 Å². The number of nitrogens with one attached hydrogen (secondary N) is 3. The molecule has 1 aliphatic heterocycles. The van der Waals surface area contributed by atoms with Crippen LogP contribution in [0.2, 0.25) is 0 Å². The van der Waals surface area contributed by atoms with Gasteiger partial charge in [0.05, 0.1) is 29.8 Å². The summed E-state index contributed by atoms with van der Waals surface area (Å²) in [5, 5.41) is 6.20. The second-order valence-electron chi connectivity index (χ2n) is 9.17. The van der Waals surface area contributed by atoms with Crippen LogP contribution < -0.4 is 15.4 Å². The lowest BCUT2D eigenvalue weighted by molar-refractivity contribution is -0.115. The molecule has 0 fully saturated rings. The number of nitrogens with zero attached hydrogens (tertiary/aromatic N) is 1. The number of hydrogen-bond donors (Lipinski definition) is 3. The molecule has 0 aromatic heterocycles. The number of esters is 1. The van der Waals surface area contributed by atoms with Crippen molar-refractivity contribution in [2.45, 2.75) is 25.8 Å². The van der Waals surface area contributed by atoms with Crippen LogP contribution >= 0.6 is 0 Å². The van der Waals surface area contributed by atoms with Gasteiger partial charge < -0.3 is 15.4 Å². The van der Waals surface area contributed by atoms with Gasteiger partial charge in [-0.15, -0.1) is 0 Å². The molecule has 1 atom stereocenters. The summed E-state index contributed by atoms with van der Waals surface area (Å²) >= 11 is 0. The van der Waals surface area contributed by atoms with Crippen LogP contribution in [-0.4, -0.2) is 52.0 Å². The van der Waals surface area contributed by atoms with E-state index in [0.29, 0.717) is 48.7 Å². The van der Waals surface area contributed by atoms with Crippen molar-refractivity contribution in [2.24, 2.45) is 4.99 Å². The second kappa shape index (κ2) is 12.8. The Bertz CT molecular complexity index is 1450. The lowest BCUT2D eigenvalue weighted by atomic mass is 9.90. The van der Waals surface area contributed by atoms with Crippen LogP contribution in [0.25, 0.3) is 0 Å². The van der Waals surface area contributed by atoms with E-state index in [4.69, 9.17) is 9.73 Å². The van der Waals surface area contributed by atoms with Gasteiger partial charge in [-0.1, -0.05) is 48.5 Å². The number of rotatable bonds is 12. The quantitative estimate of drug-likeness (QED) is 0.180. The molecule has 1 heterocycles. The third-order valence-corrected chi connectivity index (χ3v) is 6.88. The van der Waals surface area contributed by atoms with Crippen LogP contribution in [0.15, 0.2) is 77.8 Å². The van der Waals surface area contributed by atoms with Crippen molar-refractivity contribution in [3.05, 3.63) is 95.1 Å². The summed E-state index contributed by atoms with van der Waals surface area (Å²) in [4.78, 5) is 30.3. The van der Waals surface area contributed by atoms with Crippen LogP contribution in [0.4, 0.5) is 11.4 Å². The molecule has 3 aromatic rings. The summed E-state index contributed by atoms with van der Waals surface area (Å²) in [7, 11) is -3.17. The first-order chi connectivity index (χ1) is 18.7. The maximum atomic E-state index is 13.2. The van der Waals surface area contributed by atoms with Gasteiger partial charge in [0.25, 0.3) is 0 Å². The van der Waals surface area contributed by atoms with Crippen molar-refractivity contribution in [3.8, 4) is 0 Å². The average molecular weight is 549 g/mol. The van der Waals surface area contributed by atoms with Gasteiger partial charge in [-0.2, -0.15) is 0 Å². The molecule has 4 rings (SSSR count). The predicted octanol–water partition coefficient (Wildman–Crippen LogP) is 3.75. The maximum absolute atomic E-state index is 13.2. The molecule has 10 heteroatoms. The van der Waals surface area contributed by atoms with Gasteiger partial charge in [-0.25, -0.2) is 17.9 Å². The van der Waals surface area contributed by atoms with Crippen molar-refractivity contribution in [1.82, 2.24) is 10.0 Å². The number of carbonyl (C=O) groups excluding carboxylic acids is 2. The predicted molar refractivity (Wildman–Crippen MR) is 152 cm³/mol. The van der Waals surface area contributed by atoms with E-state index >= 15 is 0 Å². The summed E-state index contributed by atoms with van der Waals surface area (Å²) in [5.41, 5.74) is 4.91. The normalized spacial score (nSPS) is 15.1. The van der Waals surface area contributed by atoms with E-state index in [0.717, 1.165) is 22.9 Å². The molecule has 0 aliphatic carbocycles. The van der Waals surface area contributed by atoms with Crippen molar-refractivity contribution >= 4 is 39.0 Å². The molecule has 0 saturated heterocycles. The van der Waals surface area contributed by atoms with Crippen molar-refractivity contribution in [2.75, 3.05) is 31.3 Å². The number of aliphatic imine (C=N–C) groups is 1. The van der Waals surface area contributed by atoms with Crippen LogP contribution in [0.5, 0.6) is 0 Å². The SMILES string of the molecule is CCOC(=O)c1ccc2c(c1)NC(=O)C2C(=Nc1ccc(CNCCCNS(C)(=O)=O)cc1)c1ccccc1. The molecule has 1 unspecified atom stereocenters. The number of ether oxygens (including phenoxy) is 1. The zero-order valence-corrected chi connectivity index (χ0v) is 22.8. The first-order valence-corrected chi connectivity index (χ1v) is 14.6. The third-order valence-electron chi connectivity index (χ3n) is 6.15. The fourth-order valence-electron chi connectivity index (χ4n) is 4.31. The minimum absolute atomic E-state index is 0.209. The molecule has 0 spiro atoms. The topological polar surface area (TPSA) is 126 Å². The molecule has 0 saturated carbocycles. The first-order valence-electron chi connectivity index (χ1n) is 12.8. The minimum Gasteiger partial charge on any atom is -0.462 e. The van der Waals surface area contributed by atoms with E-state index in [9.17, 15) is 18.0 Å². The number of benzene rings is 3. The fraction of sp³-hybridized carbons (Fsp3) is 0.276. The molecule has 0 bridgehead atoms. The Hall–Kier alpha value is -3.86. The third kappa shape index (κ3) is 7.60. The van der Waals surface area contributed by atoms with Crippen LogP contribution in [0, 0.1) is 0 Å². The van der Waals surface area contributed by atoms with E-state index in [1.165, 1.54) is 0 Å². The van der Waals surface area contributed by atoms with Gasteiger partial charge in [0.1, 0.15) is 5.92 Å². The van der Waals surface area contributed by atoms with Crippen molar-refractivity contribution in [1.29, 1.82) is 0 Å². The van der Waals surface area contributed by atoms with Crippen LogP contribution in [-0.2, 0) is 26.1 Å². The second-order valence-corrected chi connectivity index (χ2v) is 11.0. The maximum Gasteiger partial charge on any atom is 0.338 e. The molecule has 1 aliphatic rings. The largest absolute Gasteiger partial charge is 0.462 e. The number of fused-ring (bicyclic) bond motifs is 1. The Balaban J connectivity index is 1.52. The smallest absolute Gasteiger partial charge is 0.338 e. The molecule has 204 valence electrons. The number of anilines is 1. The molecular formula is C29H32N4O5S. The zero-order valence-electron chi connectivity index (χ0n) is 21.9. The molecular weight excluding hydrogens is 516 g/mol. The molecule has 39 heavy (non-hydrogen) atoms. The number of carbonyl (C=O) groups is 2. The van der Waals surface area contributed by atoms with E-state index in [1.54, 1.807) is 25.1 Å². The number of hydrogen-bond acceptors (Lipinski definition) is 7. The zero-order chi connectivity index (χ0) is 27.8. The lowest BCUT2D eigenvalue weighted by Crippen LogP contribution is -2.26. The van der Waals surface area contributed by atoms with Gasteiger partial charge in [0.2, 0.25) is 15.9 Å². The van der Waals surface area contributed by atoms with Gasteiger partial charge in [-0.05, 0) is 60.8 Å². The van der Waals surface area contributed by atoms with Gasteiger partial charge in [-0.3, -0.25) is 9.79 Å². The summed E-state index contributed by atoms with van der Waals surface area (Å²) < 4.78 is 29.8. The highest BCUT2D eigenvalue weighted by Gasteiger charge is 2.36. The number of sulfonamides is 1. The van der Waals surface area contributed by atoms with E-state index in [1.807, 2.05) is 54.6 Å². The Morgan fingerprint density at radius 2 is 1.74 bits per heavy atom. The Kier molecular flexibility index (Phi) is 9.23. The monoisotopic (exact) mass is 548 g/mol. The summed E-state index contributed by atoms with van der Waals surface area (Å²) in [6, 6.07) is 22.4. The molecule has 3 aromatic carbocycles. The standard InChI is InChI=1S/C29H32N4O5S/c1-3-38-29(35)22-12-15-24-25(18-22)33-28(34)26(24)27(21-8-5-4-6-9-21)32-23-13-10-20(11-14-23)19-30-16-7-17-31-39(2,36)37/h4-6,8-15,18,26,30-31H,3,7,16-17,19H2,1-2H3,(H,33,34). The Morgan fingerprint density at radius 3 is 2.44 bits per heavy atom. The highest BCUT2D eigenvalue weighted by atomic mass is 32.2. The number of amides is 1. The average Bonchev–Trinajstić information content (AvgIpc) is 3.24. The summed E-state index contributed by atoms with van der Waals surface area (Å²) in [6.07, 6.45) is 1.83. The molecule has 3 N–H and O–H groups in total. The first kappa shape index (κ1) is 28.2. The van der Waals surface area contributed by atoms with Crippen molar-refractivity contribution < 1.29 is 22.7 Å². The van der Waals surface area contributed by atoms with E-state index in [-0.39, 0.29) is 12.5 Å². The minimum atomic E-state index is -3.17. The van der Waals surface area contributed by atoms with Crippen LogP contribution in [0.3, 0.4) is 0 Å². The highest BCUT2D eigenvalue weighted by Crippen LogP contribution is 2.37. The molecule has 0 radical (unpaired) electrons. The lowest BCUT2D eigenvalue weighted by Gasteiger charge is -2.14. The van der Waals surface area contributed by atoms with Crippen molar-refractivity contribution in [3.63, 3.8) is 0 Å². The Labute approximate surface area is 228 Å². The molecule has 1 amide bonds. The molecule has 9 nitrogen and oxygen atoms in total. The summed E-state index contributed by atoms with van der Waals surface area (Å²) in [6.45, 7) is 3.72. The van der Waals surface area contributed by atoms with E-state index < -0.39 is 21.9 Å².